The Bertz CT molecular complexity index is 798. The van der Waals surface area contributed by atoms with Crippen molar-refractivity contribution in [1.82, 2.24) is 19.2 Å². The second-order valence-corrected chi connectivity index (χ2v) is 7.36. The first-order valence-corrected chi connectivity index (χ1v) is 8.45. The molecule has 1 fully saturated rings. The number of ether oxygens (including phenoxy) is 1. The van der Waals surface area contributed by atoms with Crippen molar-refractivity contribution in [3.8, 4) is 0 Å². The summed E-state index contributed by atoms with van der Waals surface area (Å²) in [5.41, 5.74) is 1.77. The molecule has 0 unspecified atom stereocenters. The highest BCUT2D eigenvalue weighted by molar-refractivity contribution is 5.93. The van der Waals surface area contributed by atoms with Gasteiger partial charge in [0.2, 0.25) is 0 Å². The number of aryl methyl sites for hydroxylation is 1. The molecule has 7 heteroatoms. The van der Waals surface area contributed by atoms with Gasteiger partial charge in [-0.25, -0.2) is 9.78 Å². The lowest BCUT2D eigenvalue weighted by Gasteiger charge is -2.35. The van der Waals surface area contributed by atoms with Gasteiger partial charge in [-0.15, -0.1) is 0 Å². The third-order valence-electron chi connectivity index (χ3n) is 4.05. The molecule has 0 bridgehead atoms. The Kier molecular flexibility index (Phi) is 4.41. The third-order valence-corrected chi connectivity index (χ3v) is 4.05. The summed E-state index contributed by atoms with van der Waals surface area (Å²) in [6.07, 6.45) is 3.31. The average molecular weight is 344 g/mol. The summed E-state index contributed by atoms with van der Waals surface area (Å²) in [5, 5.41) is 0. The molecule has 3 rings (SSSR count). The van der Waals surface area contributed by atoms with Crippen molar-refractivity contribution in [3.63, 3.8) is 0 Å². The van der Waals surface area contributed by atoms with Crippen LogP contribution >= 0.6 is 0 Å². The Balaban J connectivity index is 1.63. The summed E-state index contributed by atoms with van der Waals surface area (Å²) < 4.78 is 7.22. The summed E-state index contributed by atoms with van der Waals surface area (Å²) in [5.74, 6) is -0.106. The number of imidazole rings is 1. The smallest absolute Gasteiger partial charge is 0.410 e. The molecule has 0 spiro atoms. The number of hydrogen-bond donors (Lipinski definition) is 0. The van der Waals surface area contributed by atoms with Crippen molar-refractivity contribution in [3.05, 3.63) is 35.8 Å². The lowest BCUT2D eigenvalue weighted by Crippen LogP contribution is -2.51. The summed E-state index contributed by atoms with van der Waals surface area (Å²) in [4.78, 5) is 32.6. The van der Waals surface area contributed by atoms with Gasteiger partial charge < -0.3 is 18.9 Å². The second-order valence-electron chi connectivity index (χ2n) is 7.36. The van der Waals surface area contributed by atoms with E-state index >= 15 is 0 Å². The molecule has 25 heavy (non-hydrogen) atoms. The van der Waals surface area contributed by atoms with Gasteiger partial charge in [0.15, 0.2) is 0 Å². The summed E-state index contributed by atoms with van der Waals surface area (Å²) in [6, 6.07) is 3.92. The van der Waals surface area contributed by atoms with Crippen LogP contribution in [-0.4, -0.2) is 63.0 Å². The molecule has 2 amide bonds. The number of piperazine rings is 1. The number of aromatic nitrogens is 2. The zero-order chi connectivity index (χ0) is 18.2. The predicted octanol–water partition coefficient (Wildman–Crippen LogP) is 2.34. The third kappa shape index (κ3) is 3.92. The molecular weight excluding hydrogens is 320 g/mol. The van der Waals surface area contributed by atoms with Crippen molar-refractivity contribution in [2.45, 2.75) is 33.3 Å². The van der Waals surface area contributed by atoms with Gasteiger partial charge in [-0.1, -0.05) is 0 Å². The van der Waals surface area contributed by atoms with Gasteiger partial charge in [0, 0.05) is 38.6 Å². The highest BCUT2D eigenvalue weighted by atomic mass is 16.6. The minimum Gasteiger partial charge on any atom is -0.444 e. The van der Waals surface area contributed by atoms with Crippen LogP contribution in [0.15, 0.2) is 24.5 Å². The van der Waals surface area contributed by atoms with E-state index in [0.29, 0.717) is 31.9 Å². The number of carbonyl (C=O) groups is 2. The highest BCUT2D eigenvalue weighted by Gasteiger charge is 2.28. The Morgan fingerprint density at radius 3 is 2.40 bits per heavy atom. The number of carbonyl (C=O) groups excluding carboxylic acids is 2. The van der Waals surface area contributed by atoms with E-state index in [0.717, 1.165) is 11.2 Å². The second kappa shape index (κ2) is 6.38. The lowest BCUT2D eigenvalue weighted by molar-refractivity contribution is 0.0140. The molecule has 3 heterocycles. The standard InChI is InChI=1S/C18H24N4O3/c1-13-5-6-22-12-14(19-15(22)11-13)16(23)20-7-9-21(10-8-20)17(24)25-18(2,3)4/h5-6,11-12H,7-10H2,1-4H3. The maximum atomic E-state index is 12.7. The van der Waals surface area contributed by atoms with Crippen molar-refractivity contribution in [1.29, 1.82) is 0 Å². The average Bonchev–Trinajstić information content (AvgIpc) is 2.95. The highest BCUT2D eigenvalue weighted by Crippen LogP contribution is 2.14. The molecule has 1 saturated heterocycles. The summed E-state index contributed by atoms with van der Waals surface area (Å²) in [6.45, 7) is 9.41. The van der Waals surface area contributed by atoms with Crippen LogP contribution in [0.5, 0.6) is 0 Å². The number of amides is 2. The van der Waals surface area contributed by atoms with Crippen LogP contribution in [0, 0.1) is 6.92 Å². The van der Waals surface area contributed by atoms with Crippen molar-refractivity contribution >= 4 is 17.6 Å². The fraction of sp³-hybridized carbons (Fsp3) is 0.500. The normalized spacial score (nSPS) is 15.5. The zero-order valence-electron chi connectivity index (χ0n) is 15.2. The van der Waals surface area contributed by atoms with Gasteiger partial charge >= 0.3 is 6.09 Å². The quantitative estimate of drug-likeness (QED) is 0.796. The van der Waals surface area contributed by atoms with Crippen LogP contribution in [0.1, 0.15) is 36.8 Å². The van der Waals surface area contributed by atoms with Crippen molar-refractivity contribution in [2.75, 3.05) is 26.2 Å². The molecule has 0 aliphatic carbocycles. The Morgan fingerprint density at radius 2 is 1.76 bits per heavy atom. The molecule has 0 radical (unpaired) electrons. The molecule has 2 aromatic heterocycles. The molecule has 1 aliphatic rings. The number of pyridine rings is 1. The lowest BCUT2D eigenvalue weighted by atomic mass is 10.2. The molecule has 0 N–H and O–H groups in total. The minimum atomic E-state index is -0.515. The van der Waals surface area contributed by atoms with E-state index < -0.39 is 5.60 Å². The van der Waals surface area contributed by atoms with Crippen LogP contribution in [0.4, 0.5) is 4.79 Å². The first-order chi connectivity index (χ1) is 11.7. The molecule has 0 atom stereocenters. The monoisotopic (exact) mass is 344 g/mol. The van der Waals surface area contributed by atoms with Gasteiger partial charge in [0.25, 0.3) is 5.91 Å². The molecule has 134 valence electrons. The number of hydrogen-bond acceptors (Lipinski definition) is 4. The van der Waals surface area contributed by atoms with Crippen molar-refractivity contribution < 1.29 is 14.3 Å². The zero-order valence-corrected chi connectivity index (χ0v) is 15.2. The van der Waals surface area contributed by atoms with Gasteiger partial charge in [0.1, 0.15) is 16.9 Å². The Morgan fingerprint density at radius 1 is 1.12 bits per heavy atom. The van der Waals surface area contributed by atoms with Crippen LogP contribution in [0.3, 0.4) is 0 Å². The van der Waals surface area contributed by atoms with Crippen LogP contribution in [0.2, 0.25) is 0 Å². The topological polar surface area (TPSA) is 67.2 Å². The van der Waals surface area contributed by atoms with Crippen molar-refractivity contribution in [2.24, 2.45) is 0 Å². The van der Waals surface area contributed by atoms with Gasteiger partial charge in [-0.2, -0.15) is 0 Å². The van der Waals surface area contributed by atoms with Gasteiger partial charge in [-0.3, -0.25) is 4.79 Å². The van der Waals surface area contributed by atoms with E-state index in [9.17, 15) is 9.59 Å². The summed E-state index contributed by atoms with van der Waals surface area (Å²) in [7, 11) is 0. The first kappa shape index (κ1) is 17.3. The van der Waals surface area contributed by atoms with E-state index in [1.165, 1.54) is 0 Å². The van der Waals surface area contributed by atoms with E-state index in [4.69, 9.17) is 4.74 Å². The number of nitrogens with zero attached hydrogens (tertiary/aromatic N) is 4. The van der Waals surface area contributed by atoms with Crippen LogP contribution in [0.25, 0.3) is 5.65 Å². The van der Waals surface area contributed by atoms with E-state index in [-0.39, 0.29) is 12.0 Å². The molecule has 0 aromatic carbocycles. The van der Waals surface area contributed by atoms with E-state index in [2.05, 4.69) is 4.98 Å². The molecule has 2 aromatic rings. The fourth-order valence-electron chi connectivity index (χ4n) is 2.77. The van der Waals surface area contributed by atoms with E-state index in [1.54, 1.807) is 16.0 Å². The molecule has 0 saturated carbocycles. The fourth-order valence-corrected chi connectivity index (χ4v) is 2.77. The van der Waals surface area contributed by atoms with Crippen LogP contribution in [-0.2, 0) is 4.74 Å². The number of rotatable bonds is 1. The SMILES string of the molecule is Cc1ccn2cc(C(=O)N3CCN(C(=O)OC(C)(C)C)CC3)nc2c1. The maximum absolute atomic E-state index is 12.7. The first-order valence-electron chi connectivity index (χ1n) is 8.45. The molecular formula is C18H24N4O3. The Labute approximate surface area is 147 Å². The molecule has 7 nitrogen and oxygen atoms in total. The van der Waals surface area contributed by atoms with Crippen LogP contribution < -0.4 is 0 Å². The molecule has 1 aliphatic heterocycles. The number of fused-ring (bicyclic) bond motifs is 1. The summed E-state index contributed by atoms with van der Waals surface area (Å²) >= 11 is 0. The largest absolute Gasteiger partial charge is 0.444 e. The van der Waals surface area contributed by atoms with E-state index in [1.807, 2.05) is 50.4 Å². The Hall–Kier alpha value is -2.57. The predicted molar refractivity (Wildman–Crippen MR) is 93.6 cm³/mol. The maximum Gasteiger partial charge on any atom is 0.410 e. The van der Waals surface area contributed by atoms with Gasteiger partial charge in [0.05, 0.1) is 0 Å². The van der Waals surface area contributed by atoms with Gasteiger partial charge in [-0.05, 0) is 45.4 Å². The minimum absolute atomic E-state index is 0.106.